The van der Waals surface area contributed by atoms with Crippen LogP contribution in [0.1, 0.15) is 16.1 Å². The number of nitrogens with zero attached hydrogens (tertiary/aromatic N) is 1. The Bertz CT molecular complexity index is 888. The molecule has 0 bridgehead atoms. The van der Waals surface area contributed by atoms with Crippen LogP contribution in [-0.4, -0.2) is 12.1 Å². The third kappa shape index (κ3) is 4.13. The molecule has 0 atom stereocenters. The molecular weight excluding hydrogens is 392 g/mol. The van der Waals surface area contributed by atoms with Crippen molar-refractivity contribution in [3.05, 3.63) is 81.5 Å². The largest absolute Gasteiger partial charge is 0.455 e. The van der Waals surface area contributed by atoms with Gasteiger partial charge in [0.05, 0.1) is 6.21 Å². The van der Waals surface area contributed by atoms with Crippen LogP contribution < -0.4 is 5.43 Å². The maximum atomic E-state index is 11.9. The number of carbonyl (C=O) groups is 1. The number of hydrogen-bond acceptors (Lipinski definition) is 3. The van der Waals surface area contributed by atoms with E-state index in [9.17, 15) is 4.79 Å². The Balaban J connectivity index is 1.65. The molecule has 1 amide bonds. The molecule has 0 fully saturated rings. The number of rotatable bonds is 4. The van der Waals surface area contributed by atoms with E-state index in [1.54, 1.807) is 30.3 Å². The van der Waals surface area contributed by atoms with Crippen LogP contribution in [0.5, 0.6) is 0 Å². The molecule has 3 aromatic rings. The fourth-order valence-corrected chi connectivity index (χ4v) is 2.49. The van der Waals surface area contributed by atoms with Gasteiger partial charge in [0.15, 0.2) is 0 Å². The lowest BCUT2D eigenvalue weighted by molar-refractivity contribution is 0.0955. The van der Waals surface area contributed by atoms with Crippen LogP contribution in [0, 0.1) is 0 Å². The van der Waals surface area contributed by atoms with Gasteiger partial charge in [0, 0.05) is 20.6 Å². The lowest BCUT2D eigenvalue weighted by Gasteiger charge is -1.99. The number of halogens is 2. The number of hydrazone groups is 1. The second kappa shape index (κ2) is 7.47. The van der Waals surface area contributed by atoms with Gasteiger partial charge >= 0.3 is 0 Å². The van der Waals surface area contributed by atoms with E-state index in [1.165, 1.54) is 6.21 Å². The highest BCUT2D eigenvalue weighted by Gasteiger charge is 2.05. The third-order valence-corrected chi connectivity index (χ3v) is 3.96. The average Bonchev–Trinajstić information content (AvgIpc) is 3.04. The number of carbonyl (C=O) groups excluding carboxylic acids is 1. The van der Waals surface area contributed by atoms with E-state index in [4.69, 9.17) is 16.0 Å². The van der Waals surface area contributed by atoms with Gasteiger partial charge < -0.3 is 4.42 Å². The summed E-state index contributed by atoms with van der Waals surface area (Å²) >= 11 is 9.25. The van der Waals surface area contributed by atoms with E-state index < -0.39 is 0 Å². The highest BCUT2D eigenvalue weighted by Crippen LogP contribution is 2.23. The van der Waals surface area contributed by atoms with Crippen LogP contribution in [0.2, 0.25) is 5.02 Å². The summed E-state index contributed by atoms with van der Waals surface area (Å²) in [7, 11) is 0. The summed E-state index contributed by atoms with van der Waals surface area (Å²) in [5, 5.41) is 4.40. The van der Waals surface area contributed by atoms with E-state index in [-0.39, 0.29) is 5.91 Å². The van der Waals surface area contributed by atoms with Gasteiger partial charge in [-0.2, -0.15) is 5.10 Å². The third-order valence-electron chi connectivity index (χ3n) is 3.20. The summed E-state index contributed by atoms with van der Waals surface area (Å²) in [6.45, 7) is 0. The SMILES string of the molecule is O=C(N/N=C\c1ccc(-c2ccc(Br)cc2)o1)c1cccc(Cl)c1. The van der Waals surface area contributed by atoms with E-state index in [0.29, 0.717) is 16.3 Å². The molecule has 24 heavy (non-hydrogen) atoms. The van der Waals surface area contributed by atoms with Crippen LogP contribution in [0.25, 0.3) is 11.3 Å². The summed E-state index contributed by atoms with van der Waals surface area (Å²) < 4.78 is 6.68. The van der Waals surface area contributed by atoms with Crippen LogP contribution in [0.15, 0.2) is 74.7 Å². The van der Waals surface area contributed by atoms with Gasteiger partial charge in [-0.1, -0.05) is 45.7 Å². The molecule has 1 heterocycles. The molecule has 2 aromatic carbocycles. The first-order valence-corrected chi connectivity index (χ1v) is 8.24. The zero-order valence-corrected chi connectivity index (χ0v) is 14.7. The van der Waals surface area contributed by atoms with Crippen molar-refractivity contribution in [1.29, 1.82) is 0 Å². The average molecular weight is 404 g/mol. The van der Waals surface area contributed by atoms with Crippen molar-refractivity contribution in [1.82, 2.24) is 5.43 Å². The van der Waals surface area contributed by atoms with Gasteiger partial charge in [0.1, 0.15) is 11.5 Å². The first-order chi connectivity index (χ1) is 11.6. The minimum atomic E-state index is -0.339. The predicted octanol–water partition coefficient (Wildman–Crippen LogP) is 5.13. The molecule has 0 spiro atoms. The molecule has 0 saturated heterocycles. The van der Waals surface area contributed by atoms with Crippen LogP contribution >= 0.6 is 27.5 Å². The van der Waals surface area contributed by atoms with Crippen molar-refractivity contribution < 1.29 is 9.21 Å². The number of nitrogens with one attached hydrogen (secondary N) is 1. The van der Waals surface area contributed by atoms with Crippen molar-refractivity contribution in [3.63, 3.8) is 0 Å². The number of furan rings is 1. The fourth-order valence-electron chi connectivity index (χ4n) is 2.04. The molecule has 1 aromatic heterocycles. The number of benzene rings is 2. The normalized spacial score (nSPS) is 10.9. The van der Waals surface area contributed by atoms with Gasteiger partial charge in [0.2, 0.25) is 0 Å². The Hall–Kier alpha value is -2.37. The van der Waals surface area contributed by atoms with Crippen molar-refractivity contribution in [2.24, 2.45) is 5.10 Å². The molecule has 0 aliphatic heterocycles. The van der Waals surface area contributed by atoms with E-state index in [0.717, 1.165) is 15.8 Å². The minimum Gasteiger partial charge on any atom is -0.455 e. The van der Waals surface area contributed by atoms with Gasteiger partial charge in [0.25, 0.3) is 5.91 Å². The molecule has 0 unspecified atom stereocenters. The Morgan fingerprint density at radius 2 is 1.92 bits per heavy atom. The second-order valence-electron chi connectivity index (χ2n) is 4.92. The molecule has 0 radical (unpaired) electrons. The zero-order valence-electron chi connectivity index (χ0n) is 12.4. The summed E-state index contributed by atoms with van der Waals surface area (Å²) in [6.07, 6.45) is 1.45. The van der Waals surface area contributed by atoms with Crippen molar-refractivity contribution >= 4 is 39.7 Å². The number of amides is 1. The zero-order chi connectivity index (χ0) is 16.9. The lowest BCUT2D eigenvalue weighted by Crippen LogP contribution is -2.17. The highest BCUT2D eigenvalue weighted by molar-refractivity contribution is 9.10. The summed E-state index contributed by atoms with van der Waals surface area (Å²) in [5.74, 6) is 0.929. The minimum absolute atomic E-state index is 0.339. The van der Waals surface area contributed by atoms with Crippen LogP contribution in [0.3, 0.4) is 0 Å². The molecule has 120 valence electrons. The van der Waals surface area contributed by atoms with Gasteiger partial charge in [-0.3, -0.25) is 4.79 Å². The Labute approximate surface area is 152 Å². The fraction of sp³-hybridized carbons (Fsp3) is 0. The molecular formula is C18H12BrClN2O2. The second-order valence-corrected chi connectivity index (χ2v) is 6.27. The van der Waals surface area contributed by atoms with Crippen LogP contribution in [0.4, 0.5) is 0 Å². The standard InChI is InChI=1S/C18H12BrClN2O2/c19-14-6-4-12(5-7-14)17-9-8-16(24-17)11-21-22-18(23)13-2-1-3-15(20)10-13/h1-11H,(H,22,23)/b21-11-. The topological polar surface area (TPSA) is 54.6 Å². The van der Waals surface area contributed by atoms with Crippen molar-refractivity contribution in [2.45, 2.75) is 0 Å². The van der Waals surface area contributed by atoms with Crippen molar-refractivity contribution in [3.8, 4) is 11.3 Å². The van der Waals surface area contributed by atoms with E-state index >= 15 is 0 Å². The maximum Gasteiger partial charge on any atom is 0.271 e. The Kier molecular flexibility index (Phi) is 5.13. The van der Waals surface area contributed by atoms with Gasteiger partial charge in [-0.15, -0.1) is 0 Å². The summed E-state index contributed by atoms with van der Waals surface area (Å²) in [5.41, 5.74) is 3.84. The molecule has 0 aliphatic rings. The van der Waals surface area contributed by atoms with E-state index in [2.05, 4.69) is 26.5 Å². The lowest BCUT2D eigenvalue weighted by atomic mass is 10.2. The van der Waals surface area contributed by atoms with E-state index in [1.807, 2.05) is 30.3 Å². The quantitative estimate of drug-likeness (QED) is 0.485. The molecule has 3 rings (SSSR count). The molecule has 1 N–H and O–H groups in total. The van der Waals surface area contributed by atoms with Gasteiger partial charge in [-0.05, 0) is 42.5 Å². The molecule has 4 nitrogen and oxygen atoms in total. The smallest absolute Gasteiger partial charge is 0.271 e. The molecule has 6 heteroatoms. The maximum absolute atomic E-state index is 11.9. The summed E-state index contributed by atoms with van der Waals surface area (Å²) in [6, 6.07) is 18.1. The highest BCUT2D eigenvalue weighted by atomic mass is 79.9. The monoisotopic (exact) mass is 402 g/mol. The summed E-state index contributed by atoms with van der Waals surface area (Å²) in [4.78, 5) is 11.9. The first kappa shape index (κ1) is 16.5. The van der Waals surface area contributed by atoms with Gasteiger partial charge in [-0.25, -0.2) is 5.43 Å². The molecule has 0 saturated carbocycles. The first-order valence-electron chi connectivity index (χ1n) is 7.06. The predicted molar refractivity (Wildman–Crippen MR) is 98.4 cm³/mol. The van der Waals surface area contributed by atoms with Crippen LogP contribution in [-0.2, 0) is 0 Å². The Morgan fingerprint density at radius 1 is 1.12 bits per heavy atom. The molecule has 0 aliphatic carbocycles. The van der Waals surface area contributed by atoms with Crippen molar-refractivity contribution in [2.75, 3.05) is 0 Å². The number of hydrogen-bond donors (Lipinski definition) is 1. The Morgan fingerprint density at radius 3 is 2.67 bits per heavy atom.